The van der Waals surface area contributed by atoms with E-state index in [4.69, 9.17) is 4.42 Å². The normalized spacial score (nSPS) is 17.8. The van der Waals surface area contributed by atoms with E-state index in [9.17, 15) is 0 Å². The number of furan rings is 1. The van der Waals surface area contributed by atoms with Gasteiger partial charge in [0.05, 0.1) is 12.3 Å². The maximum Gasteiger partial charge on any atom is 0.118 e. The van der Waals surface area contributed by atoms with Crippen LogP contribution in [0.3, 0.4) is 0 Å². The molecular formula is C13H21NOS. The Hall–Kier alpha value is -0.410. The van der Waals surface area contributed by atoms with Gasteiger partial charge >= 0.3 is 0 Å². The summed E-state index contributed by atoms with van der Waals surface area (Å²) in [6, 6.07) is 4.90. The third-order valence-electron chi connectivity index (χ3n) is 3.17. The molecule has 0 unspecified atom stereocenters. The molecule has 16 heavy (non-hydrogen) atoms. The summed E-state index contributed by atoms with van der Waals surface area (Å²) < 4.78 is 5.73. The Morgan fingerprint density at radius 2 is 2.00 bits per heavy atom. The lowest BCUT2D eigenvalue weighted by Crippen LogP contribution is -2.30. The van der Waals surface area contributed by atoms with E-state index in [0.29, 0.717) is 6.04 Å². The van der Waals surface area contributed by atoms with Gasteiger partial charge in [0.2, 0.25) is 0 Å². The minimum atomic E-state index is 0.711. The quantitative estimate of drug-likeness (QED) is 0.850. The van der Waals surface area contributed by atoms with Crippen LogP contribution < -0.4 is 5.32 Å². The monoisotopic (exact) mass is 239 g/mol. The van der Waals surface area contributed by atoms with E-state index >= 15 is 0 Å². The topological polar surface area (TPSA) is 25.2 Å². The zero-order valence-electron chi connectivity index (χ0n) is 10.00. The van der Waals surface area contributed by atoms with Crippen molar-refractivity contribution in [2.45, 2.75) is 50.4 Å². The molecule has 0 radical (unpaired) electrons. The van der Waals surface area contributed by atoms with Gasteiger partial charge < -0.3 is 9.73 Å². The molecule has 0 spiro atoms. The molecule has 90 valence electrons. The third kappa shape index (κ3) is 3.56. The van der Waals surface area contributed by atoms with E-state index in [2.05, 4.69) is 23.7 Å². The molecule has 1 saturated carbocycles. The SMILES string of the molecule is CSCc1ccc(CNC2CCCCC2)o1. The first-order valence-corrected chi connectivity index (χ1v) is 7.58. The molecule has 1 aliphatic rings. The number of hydrogen-bond acceptors (Lipinski definition) is 3. The van der Waals surface area contributed by atoms with Crippen molar-refractivity contribution in [3.05, 3.63) is 23.7 Å². The Bertz CT molecular complexity index is 305. The highest BCUT2D eigenvalue weighted by atomic mass is 32.2. The molecule has 1 aromatic heterocycles. The van der Waals surface area contributed by atoms with E-state index in [0.717, 1.165) is 23.8 Å². The van der Waals surface area contributed by atoms with Crippen molar-refractivity contribution in [1.29, 1.82) is 0 Å². The summed E-state index contributed by atoms with van der Waals surface area (Å²) in [4.78, 5) is 0. The highest BCUT2D eigenvalue weighted by Crippen LogP contribution is 2.18. The molecule has 0 aromatic carbocycles. The van der Waals surface area contributed by atoms with Gasteiger partial charge in [0.1, 0.15) is 11.5 Å². The summed E-state index contributed by atoms with van der Waals surface area (Å²) in [6.45, 7) is 0.888. The first-order valence-electron chi connectivity index (χ1n) is 6.18. The van der Waals surface area contributed by atoms with Crippen molar-refractivity contribution in [3.8, 4) is 0 Å². The van der Waals surface area contributed by atoms with Crippen LogP contribution in [0.15, 0.2) is 16.5 Å². The lowest BCUT2D eigenvalue weighted by Gasteiger charge is -2.22. The summed E-state index contributed by atoms with van der Waals surface area (Å²) in [5.74, 6) is 3.14. The van der Waals surface area contributed by atoms with E-state index in [1.807, 2.05) is 0 Å². The highest BCUT2D eigenvalue weighted by Gasteiger charge is 2.13. The molecule has 1 N–H and O–H groups in total. The molecule has 0 atom stereocenters. The van der Waals surface area contributed by atoms with Crippen LogP contribution in [-0.4, -0.2) is 12.3 Å². The van der Waals surface area contributed by atoms with Crippen LogP contribution in [0.25, 0.3) is 0 Å². The standard InChI is InChI=1S/C13H21NOS/c1-16-10-13-8-7-12(15-13)9-14-11-5-3-2-4-6-11/h7-8,11,14H,2-6,9-10H2,1H3. The number of thioether (sulfide) groups is 1. The Morgan fingerprint density at radius 1 is 1.25 bits per heavy atom. The Balaban J connectivity index is 1.75. The van der Waals surface area contributed by atoms with Crippen molar-refractivity contribution >= 4 is 11.8 Å². The van der Waals surface area contributed by atoms with Crippen LogP contribution in [-0.2, 0) is 12.3 Å². The van der Waals surface area contributed by atoms with Crippen LogP contribution in [0.2, 0.25) is 0 Å². The smallest absolute Gasteiger partial charge is 0.118 e. The minimum absolute atomic E-state index is 0.711. The number of rotatable bonds is 5. The average molecular weight is 239 g/mol. The fourth-order valence-corrected chi connectivity index (χ4v) is 2.73. The second-order valence-electron chi connectivity index (χ2n) is 4.52. The molecule has 1 heterocycles. The summed E-state index contributed by atoms with van der Waals surface area (Å²) in [5.41, 5.74) is 0. The summed E-state index contributed by atoms with van der Waals surface area (Å²) in [7, 11) is 0. The Kier molecular flexibility index (Phi) is 4.79. The fraction of sp³-hybridized carbons (Fsp3) is 0.692. The molecule has 1 aliphatic carbocycles. The molecular weight excluding hydrogens is 218 g/mol. The molecule has 2 rings (SSSR count). The minimum Gasteiger partial charge on any atom is -0.464 e. The Morgan fingerprint density at radius 3 is 2.75 bits per heavy atom. The lowest BCUT2D eigenvalue weighted by atomic mass is 9.95. The summed E-state index contributed by atoms with van der Waals surface area (Å²) >= 11 is 1.80. The molecule has 0 saturated heterocycles. The van der Waals surface area contributed by atoms with Gasteiger partial charge in [0.15, 0.2) is 0 Å². The summed E-state index contributed by atoms with van der Waals surface area (Å²) in [5, 5.41) is 3.59. The van der Waals surface area contributed by atoms with E-state index < -0.39 is 0 Å². The van der Waals surface area contributed by atoms with E-state index in [1.165, 1.54) is 32.1 Å². The second-order valence-corrected chi connectivity index (χ2v) is 5.38. The second kappa shape index (κ2) is 6.36. The third-order valence-corrected chi connectivity index (χ3v) is 3.75. The predicted molar refractivity (Wildman–Crippen MR) is 69.6 cm³/mol. The molecule has 0 bridgehead atoms. The Labute approximate surface area is 102 Å². The van der Waals surface area contributed by atoms with Gasteiger partial charge in [-0.05, 0) is 31.2 Å². The van der Waals surface area contributed by atoms with Gasteiger partial charge in [-0.2, -0.15) is 11.8 Å². The zero-order valence-corrected chi connectivity index (χ0v) is 10.8. The first-order chi connectivity index (χ1) is 7.88. The van der Waals surface area contributed by atoms with E-state index in [1.54, 1.807) is 11.8 Å². The van der Waals surface area contributed by atoms with Crippen LogP contribution >= 0.6 is 11.8 Å². The molecule has 0 amide bonds. The van der Waals surface area contributed by atoms with Crippen LogP contribution in [0, 0.1) is 0 Å². The first kappa shape index (κ1) is 12.1. The van der Waals surface area contributed by atoms with Gasteiger partial charge in [0.25, 0.3) is 0 Å². The largest absolute Gasteiger partial charge is 0.464 e. The van der Waals surface area contributed by atoms with Gasteiger partial charge in [-0.15, -0.1) is 0 Å². The molecule has 1 fully saturated rings. The van der Waals surface area contributed by atoms with Gasteiger partial charge in [0, 0.05) is 6.04 Å². The van der Waals surface area contributed by atoms with E-state index in [-0.39, 0.29) is 0 Å². The highest BCUT2D eigenvalue weighted by molar-refractivity contribution is 7.97. The molecule has 0 aliphatic heterocycles. The molecule has 1 aromatic rings. The van der Waals surface area contributed by atoms with Crippen molar-refractivity contribution in [1.82, 2.24) is 5.32 Å². The number of hydrogen-bond donors (Lipinski definition) is 1. The fourth-order valence-electron chi connectivity index (χ4n) is 2.29. The van der Waals surface area contributed by atoms with Gasteiger partial charge in [-0.3, -0.25) is 0 Å². The molecule has 2 nitrogen and oxygen atoms in total. The van der Waals surface area contributed by atoms with Gasteiger partial charge in [-0.25, -0.2) is 0 Å². The molecule has 3 heteroatoms. The van der Waals surface area contributed by atoms with Crippen LogP contribution in [0.4, 0.5) is 0 Å². The average Bonchev–Trinajstić information content (AvgIpc) is 2.76. The van der Waals surface area contributed by atoms with Crippen molar-refractivity contribution in [3.63, 3.8) is 0 Å². The van der Waals surface area contributed by atoms with Crippen LogP contribution in [0.5, 0.6) is 0 Å². The maximum atomic E-state index is 5.73. The van der Waals surface area contributed by atoms with Crippen molar-refractivity contribution in [2.75, 3.05) is 6.26 Å². The van der Waals surface area contributed by atoms with Crippen molar-refractivity contribution < 1.29 is 4.42 Å². The van der Waals surface area contributed by atoms with Crippen LogP contribution in [0.1, 0.15) is 43.6 Å². The predicted octanol–water partition coefficient (Wildman–Crippen LogP) is 3.56. The van der Waals surface area contributed by atoms with Crippen molar-refractivity contribution in [2.24, 2.45) is 0 Å². The maximum absolute atomic E-state index is 5.73. The summed E-state index contributed by atoms with van der Waals surface area (Å²) in [6.07, 6.45) is 8.94. The number of nitrogens with one attached hydrogen (secondary N) is 1. The van der Waals surface area contributed by atoms with Gasteiger partial charge in [-0.1, -0.05) is 19.3 Å². The zero-order chi connectivity index (χ0) is 11.2. The lowest BCUT2D eigenvalue weighted by molar-refractivity contribution is 0.354.